The van der Waals surface area contributed by atoms with Gasteiger partial charge in [0.25, 0.3) is 0 Å². The van der Waals surface area contributed by atoms with E-state index in [0.29, 0.717) is 18.1 Å². The second-order valence-corrected chi connectivity index (χ2v) is 9.94. The zero-order chi connectivity index (χ0) is 20.1. The monoisotopic (exact) mass is 427 g/mol. The molecule has 1 aromatic carbocycles. The summed E-state index contributed by atoms with van der Waals surface area (Å²) in [4.78, 5) is 17.3. The van der Waals surface area contributed by atoms with Crippen molar-refractivity contribution in [2.45, 2.75) is 50.0 Å². The highest BCUT2D eigenvalue weighted by Crippen LogP contribution is 2.28. The predicted molar refractivity (Wildman–Crippen MR) is 111 cm³/mol. The summed E-state index contributed by atoms with van der Waals surface area (Å²) in [6.07, 6.45) is 4.74. The molecule has 3 rings (SSSR count). The van der Waals surface area contributed by atoms with Gasteiger partial charge < -0.3 is 9.80 Å². The van der Waals surface area contributed by atoms with E-state index in [1.165, 1.54) is 16.4 Å². The second-order valence-electron chi connectivity index (χ2n) is 7.61. The molecule has 2 fully saturated rings. The first kappa shape index (κ1) is 21.6. The number of amides is 1. The van der Waals surface area contributed by atoms with E-state index in [4.69, 9.17) is 11.6 Å². The molecule has 0 spiro atoms. The van der Waals surface area contributed by atoms with E-state index in [9.17, 15) is 13.2 Å². The molecule has 0 unspecified atom stereocenters. The van der Waals surface area contributed by atoms with Crippen LogP contribution in [-0.2, 0) is 14.8 Å². The van der Waals surface area contributed by atoms with Crippen LogP contribution in [-0.4, -0.2) is 73.7 Å². The first-order valence-corrected chi connectivity index (χ1v) is 12.0. The van der Waals surface area contributed by atoms with Crippen molar-refractivity contribution in [3.63, 3.8) is 0 Å². The molecule has 1 saturated heterocycles. The number of carbonyl (C=O) groups excluding carboxylic acids is 1. The molecule has 1 aliphatic carbocycles. The van der Waals surface area contributed by atoms with Crippen molar-refractivity contribution in [3.05, 3.63) is 29.3 Å². The molecule has 0 N–H and O–H groups in total. The Hall–Kier alpha value is -1.15. The zero-order valence-corrected chi connectivity index (χ0v) is 18.1. The third-order valence-electron chi connectivity index (χ3n) is 5.87. The normalized spacial score (nSPS) is 19.9. The van der Waals surface area contributed by atoms with Crippen molar-refractivity contribution in [1.29, 1.82) is 0 Å². The van der Waals surface area contributed by atoms with Crippen LogP contribution in [0.5, 0.6) is 0 Å². The summed E-state index contributed by atoms with van der Waals surface area (Å²) in [5.74, 6) is -0.0983. The van der Waals surface area contributed by atoms with Crippen LogP contribution < -0.4 is 0 Å². The predicted octanol–water partition coefficient (Wildman–Crippen LogP) is 2.83. The lowest BCUT2D eigenvalue weighted by molar-refractivity contribution is -0.133. The SMILES string of the molecule is CCN1CCN(C(=O)CN(C2CCCCC2)S(=O)(=O)c2ccc(Cl)cc2)CC1. The molecule has 1 heterocycles. The molecule has 0 bridgehead atoms. The lowest BCUT2D eigenvalue weighted by atomic mass is 9.95. The number of halogens is 1. The topological polar surface area (TPSA) is 60.9 Å². The van der Waals surface area contributed by atoms with Crippen LogP contribution in [0.3, 0.4) is 0 Å². The molecule has 0 radical (unpaired) electrons. The molecular weight excluding hydrogens is 398 g/mol. The highest BCUT2D eigenvalue weighted by Gasteiger charge is 2.35. The fourth-order valence-corrected chi connectivity index (χ4v) is 5.83. The fraction of sp³-hybridized carbons (Fsp3) is 0.650. The summed E-state index contributed by atoms with van der Waals surface area (Å²) < 4.78 is 28.2. The standard InChI is InChI=1S/C20H30ClN3O3S/c1-2-22-12-14-23(15-13-22)20(25)16-24(18-6-4-3-5-7-18)28(26,27)19-10-8-17(21)9-11-19/h8-11,18H,2-7,12-16H2,1H3. The maximum absolute atomic E-state index is 13.4. The number of likely N-dealkylation sites (N-methyl/N-ethyl adjacent to an activating group) is 1. The van der Waals surface area contributed by atoms with Crippen LogP contribution in [0.1, 0.15) is 39.0 Å². The minimum Gasteiger partial charge on any atom is -0.339 e. The molecule has 8 heteroatoms. The van der Waals surface area contributed by atoms with E-state index in [2.05, 4.69) is 11.8 Å². The van der Waals surface area contributed by atoms with E-state index in [1.54, 1.807) is 17.0 Å². The molecule has 2 aliphatic rings. The molecule has 1 amide bonds. The van der Waals surface area contributed by atoms with E-state index < -0.39 is 10.0 Å². The minimum absolute atomic E-state index is 0.0816. The van der Waals surface area contributed by atoms with Gasteiger partial charge >= 0.3 is 0 Å². The van der Waals surface area contributed by atoms with Gasteiger partial charge in [-0.25, -0.2) is 8.42 Å². The third-order valence-corrected chi connectivity index (χ3v) is 8.03. The number of sulfonamides is 1. The van der Waals surface area contributed by atoms with E-state index in [0.717, 1.165) is 51.7 Å². The summed E-state index contributed by atoms with van der Waals surface area (Å²) in [5.41, 5.74) is 0. The van der Waals surface area contributed by atoms with Gasteiger partial charge in [0.05, 0.1) is 11.4 Å². The summed E-state index contributed by atoms with van der Waals surface area (Å²) >= 11 is 5.93. The van der Waals surface area contributed by atoms with Crippen LogP contribution in [0.15, 0.2) is 29.2 Å². The van der Waals surface area contributed by atoms with Gasteiger partial charge in [0.15, 0.2) is 0 Å². The lowest BCUT2D eigenvalue weighted by Crippen LogP contribution is -2.53. The quantitative estimate of drug-likeness (QED) is 0.700. The van der Waals surface area contributed by atoms with Crippen molar-refractivity contribution >= 4 is 27.5 Å². The van der Waals surface area contributed by atoms with Crippen LogP contribution >= 0.6 is 11.6 Å². The summed E-state index contributed by atoms with van der Waals surface area (Å²) in [5, 5.41) is 0.494. The molecule has 0 aromatic heterocycles. The fourth-order valence-electron chi connectivity index (χ4n) is 4.07. The molecule has 1 aromatic rings. The number of hydrogen-bond donors (Lipinski definition) is 0. The van der Waals surface area contributed by atoms with Crippen molar-refractivity contribution < 1.29 is 13.2 Å². The van der Waals surface area contributed by atoms with Gasteiger partial charge in [0, 0.05) is 37.2 Å². The van der Waals surface area contributed by atoms with E-state index in [1.807, 2.05) is 0 Å². The highest BCUT2D eigenvalue weighted by atomic mass is 35.5. The van der Waals surface area contributed by atoms with Crippen LogP contribution in [0.4, 0.5) is 0 Å². The first-order valence-electron chi connectivity index (χ1n) is 10.2. The maximum Gasteiger partial charge on any atom is 0.243 e. The largest absolute Gasteiger partial charge is 0.339 e. The average Bonchev–Trinajstić information content (AvgIpc) is 2.72. The van der Waals surface area contributed by atoms with Crippen LogP contribution in [0.2, 0.25) is 5.02 Å². The van der Waals surface area contributed by atoms with E-state index >= 15 is 0 Å². The number of rotatable bonds is 6. The van der Waals surface area contributed by atoms with Gasteiger partial charge in [-0.15, -0.1) is 0 Å². The molecular formula is C20H30ClN3O3S. The summed E-state index contributed by atoms with van der Waals surface area (Å²) in [7, 11) is -3.75. The molecule has 6 nitrogen and oxygen atoms in total. The summed E-state index contributed by atoms with van der Waals surface area (Å²) in [6, 6.07) is 6.10. The Bertz CT molecular complexity index is 755. The van der Waals surface area contributed by atoms with Gasteiger partial charge in [-0.1, -0.05) is 37.8 Å². The Morgan fingerprint density at radius 1 is 1.07 bits per heavy atom. The van der Waals surface area contributed by atoms with Crippen molar-refractivity contribution in [1.82, 2.24) is 14.1 Å². The minimum atomic E-state index is -3.75. The number of hydrogen-bond acceptors (Lipinski definition) is 4. The molecule has 1 aliphatic heterocycles. The van der Waals surface area contributed by atoms with Gasteiger partial charge in [-0.3, -0.25) is 4.79 Å². The third kappa shape index (κ3) is 5.06. The second kappa shape index (κ2) is 9.57. The number of piperazine rings is 1. The molecule has 156 valence electrons. The average molecular weight is 428 g/mol. The smallest absolute Gasteiger partial charge is 0.243 e. The van der Waals surface area contributed by atoms with Crippen molar-refractivity contribution in [3.8, 4) is 0 Å². The molecule has 28 heavy (non-hydrogen) atoms. The zero-order valence-electron chi connectivity index (χ0n) is 16.5. The van der Waals surface area contributed by atoms with Crippen molar-refractivity contribution in [2.75, 3.05) is 39.3 Å². The van der Waals surface area contributed by atoms with Crippen LogP contribution in [0, 0.1) is 0 Å². The maximum atomic E-state index is 13.4. The highest BCUT2D eigenvalue weighted by molar-refractivity contribution is 7.89. The number of carbonyl (C=O) groups is 1. The first-order chi connectivity index (χ1) is 13.4. The molecule has 0 atom stereocenters. The summed E-state index contributed by atoms with van der Waals surface area (Å²) in [6.45, 7) is 6.01. The molecule has 1 saturated carbocycles. The Labute approximate surface area is 173 Å². The lowest BCUT2D eigenvalue weighted by Gasteiger charge is -2.37. The number of nitrogens with zero attached hydrogens (tertiary/aromatic N) is 3. The van der Waals surface area contributed by atoms with Crippen molar-refractivity contribution in [2.24, 2.45) is 0 Å². The van der Waals surface area contributed by atoms with Gasteiger partial charge in [0.2, 0.25) is 15.9 Å². The van der Waals surface area contributed by atoms with Gasteiger partial charge in [-0.05, 0) is 43.7 Å². The Morgan fingerprint density at radius 3 is 2.25 bits per heavy atom. The Kier molecular flexibility index (Phi) is 7.36. The number of benzene rings is 1. The van der Waals surface area contributed by atoms with E-state index in [-0.39, 0.29) is 23.4 Å². The Balaban J connectivity index is 1.79. The Morgan fingerprint density at radius 2 is 1.68 bits per heavy atom. The van der Waals surface area contributed by atoms with Crippen LogP contribution in [0.25, 0.3) is 0 Å². The van der Waals surface area contributed by atoms with Gasteiger partial charge in [-0.2, -0.15) is 4.31 Å². The van der Waals surface area contributed by atoms with Gasteiger partial charge in [0.1, 0.15) is 0 Å².